The Hall–Kier alpha value is 0.0400. The van der Waals surface area contributed by atoms with Gasteiger partial charge >= 0.3 is 0 Å². The molecule has 0 heterocycles. The lowest BCUT2D eigenvalue weighted by molar-refractivity contribution is 0.475. The van der Waals surface area contributed by atoms with Gasteiger partial charge in [0.2, 0.25) is 0 Å². The highest BCUT2D eigenvalue weighted by molar-refractivity contribution is 7.99. The molecule has 0 fully saturated rings. The SMILES string of the molecule is Oc1ccc(Sc2c(Cl)c(Cl)c(Cl)c(Cl)c2Cl)cc1. The third kappa shape index (κ3) is 3.21. The summed E-state index contributed by atoms with van der Waals surface area (Å²) in [5, 5.41) is 10.2. The van der Waals surface area contributed by atoms with Crippen LogP contribution in [0, 0.1) is 0 Å². The summed E-state index contributed by atoms with van der Waals surface area (Å²) in [6.45, 7) is 0. The maximum Gasteiger partial charge on any atom is 0.115 e. The average Bonchev–Trinajstić information content (AvgIpc) is 2.41. The van der Waals surface area contributed by atoms with Gasteiger partial charge in [0.05, 0.1) is 30.0 Å². The maximum absolute atomic E-state index is 9.24. The van der Waals surface area contributed by atoms with Crippen molar-refractivity contribution in [1.29, 1.82) is 0 Å². The normalized spacial score (nSPS) is 10.8. The minimum atomic E-state index is 0.133. The van der Waals surface area contributed by atoms with E-state index in [0.717, 1.165) is 4.90 Å². The van der Waals surface area contributed by atoms with Crippen LogP contribution >= 0.6 is 69.8 Å². The fourth-order valence-corrected chi connectivity index (χ4v) is 3.68. The van der Waals surface area contributed by atoms with E-state index < -0.39 is 0 Å². The molecule has 0 saturated carbocycles. The van der Waals surface area contributed by atoms with Crippen molar-refractivity contribution >= 4 is 69.8 Å². The Morgan fingerprint density at radius 3 is 1.58 bits per heavy atom. The number of halogens is 5. The quantitative estimate of drug-likeness (QED) is 0.460. The van der Waals surface area contributed by atoms with Gasteiger partial charge in [0.1, 0.15) is 5.75 Å². The molecule has 0 aliphatic heterocycles. The van der Waals surface area contributed by atoms with E-state index in [0.29, 0.717) is 4.90 Å². The molecule has 2 aromatic carbocycles. The van der Waals surface area contributed by atoms with E-state index >= 15 is 0 Å². The summed E-state index contributed by atoms with van der Waals surface area (Å²) in [5.41, 5.74) is 0. The molecule has 0 spiro atoms. The van der Waals surface area contributed by atoms with Crippen molar-refractivity contribution in [3.05, 3.63) is 49.4 Å². The molecule has 0 aromatic heterocycles. The smallest absolute Gasteiger partial charge is 0.115 e. The van der Waals surface area contributed by atoms with Gasteiger partial charge in [0, 0.05) is 4.90 Å². The summed E-state index contributed by atoms with van der Waals surface area (Å²) in [6, 6.07) is 6.57. The largest absolute Gasteiger partial charge is 0.508 e. The molecule has 2 aromatic rings. The number of hydrogen-bond acceptors (Lipinski definition) is 2. The molecule has 100 valence electrons. The van der Waals surface area contributed by atoms with E-state index in [1.54, 1.807) is 24.3 Å². The third-order valence-corrected chi connectivity index (χ3v) is 5.85. The second-order valence-corrected chi connectivity index (χ2v) is 6.47. The van der Waals surface area contributed by atoms with Crippen molar-refractivity contribution in [3.63, 3.8) is 0 Å². The van der Waals surface area contributed by atoms with Gasteiger partial charge in [-0.25, -0.2) is 0 Å². The predicted octanol–water partition coefficient (Wildman–Crippen LogP) is 6.81. The zero-order chi connectivity index (χ0) is 14.2. The van der Waals surface area contributed by atoms with Crippen molar-refractivity contribution in [2.45, 2.75) is 9.79 Å². The molecule has 19 heavy (non-hydrogen) atoms. The number of hydrogen-bond donors (Lipinski definition) is 1. The lowest BCUT2D eigenvalue weighted by Crippen LogP contribution is -1.84. The van der Waals surface area contributed by atoms with Crippen LogP contribution in [0.4, 0.5) is 0 Å². The Labute approximate surface area is 139 Å². The van der Waals surface area contributed by atoms with Gasteiger partial charge in [-0.15, -0.1) is 0 Å². The van der Waals surface area contributed by atoms with Crippen LogP contribution in [0.15, 0.2) is 34.1 Å². The standard InChI is InChI=1S/C12H5Cl5OS/c13-7-8(14)10(16)12(11(17)9(7)15)19-6-3-1-5(18)2-4-6/h1-4,18H. The molecule has 0 saturated heterocycles. The highest BCUT2D eigenvalue weighted by Crippen LogP contribution is 2.49. The van der Waals surface area contributed by atoms with Crippen LogP contribution in [-0.2, 0) is 0 Å². The molecule has 0 amide bonds. The first-order chi connectivity index (χ1) is 8.91. The highest BCUT2D eigenvalue weighted by atomic mass is 35.5. The van der Waals surface area contributed by atoms with Gasteiger partial charge in [-0.05, 0) is 24.3 Å². The van der Waals surface area contributed by atoms with Crippen LogP contribution in [0.5, 0.6) is 5.75 Å². The monoisotopic (exact) mass is 372 g/mol. The molecule has 0 bridgehead atoms. The van der Waals surface area contributed by atoms with Gasteiger partial charge in [-0.3, -0.25) is 0 Å². The zero-order valence-corrected chi connectivity index (χ0v) is 13.7. The first-order valence-electron chi connectivity index (χ1n) is 4.90. The second-order valence-electron chi connectivity index (χ2n) is 3.49. The van der Waals surface area contributed by atoms with E-state index in [9.17, 15) is 5.11 Å². The van der Waals surface area contributed by atoms with E-state index in [1.165, 1.54) is 11.8 Å². The minimum absolute atomic E-state index is 0.133. The van der Waals surface area contributed by atoms with Gasteiger partial charge in [-0.1, -0.05) is 69.8 Å². The van der Waals surface area contributed by atoms with E-state index in [-0.39, 0.29) is 30.9 Å². The van der Waals surface area contributed by atoms with Crippen LogP contribution in [0.2, 0.25) is 25.1 Å². The number of benzene rings is 2. The molecule has 0 radical (unpaired) electrons. The first-order valence-corrected chi connectivity index (χ1v) is 7.60. The summed E-state index contributed by atoms with van der Waals surface area (Å²) in [6.07, 6.45) is 0. The molecule has 0 unspecified atom stereocenters. The lowest BCUT2D eigenvalue weighted by atomic mass is 10.3. The summed E-state index contributed by atoms with van der Waals surface area (Å²) >= 11 is 31.4. The summed E-state index contributed by atoms with van der Waals surface area (Å²) < 4.78 is 0. The summed E-state index contributed by atoms with van der Waals surface area (Å²) in [7, 11) is 0. The molecular weight excluding hydrogens is 369 g/mol. The average molecular weight is 375 g/mol. The van der Waals surface area contributed by atoms with Crippen molar-refractivity contribution in [2.24, 2.45) is 0 Å². The molecule has 0 aliphatic rings. The predicted molar refractivity (Wildman–Crippen MR) is 83.7 cm³/mol. The summed E-state index contributed by atoms with van der Waals surface area (Å²) in [5.74, 6) is 0.175. The van der Waals surface area contributed by atoms with Crippen LogP contribution < -0.4 is 0 Å². The Balaban J connectivity index is 2.48. The Morgan fingerprint density at radius 1 is 0.684 bits per heavy atom. The van der Waals surface area contributed by atoms with Crippen molar-refractivity contribution in [2.75, 3.05) is 0 Å². The second kappa shape index (κ2) is 6.21. The molecule has 1 N–H and O–H groups in total. The summed E-state index contributed by atoms with van der Waals surface area (Å²) in [4.78, 5) is 1.35. The van der Waals surface area contributed by atoms with Gasteiger partial charge in [-0.2, -0.15) is 0 Å². The Morgan fingerprint density at radius 2 is 1.11 bits per heavy atom. The lowest BCUT2D eigenvalue weighted by Gasteiger charge is -2.11. The van der Waals surface area contributed by atoms with Crippen molar-refractivity contribution in [1.82, 2.24) is 0 Å². The topological polar surface area (TPSA) is 20.2 Å². The maximum atomic E-state index is 9.24. The molecule has 7 heteroatoms. The first kappa shape index (κ1) is 15.4. The van der Waals surface area contributed by atoms with Gasteiger partial charge < -0.3 is 5.11 Å². The van der Waals surface area contributed by atoms with Crippen molar-refractivity contribution in [3.8, 4) is 5.75 Å². The zero-order valence-electron chi connectivity index (χ0n) is 9.05. The molecule has 0 aliphatic carbocycles. The van der Waals surface area contributed by atoms with E-state index in [1.807, 2.05) is 0 Å². The number of phenolic OH excluding ortho intramolecular Hbond substituents is 1. The van der Waals surface area contributed by atoms with Crippen LogP contribution in [-0.4, -0.2) is 5.11 Å². The van der Waals surface area contributed by atoms with E-state index in [4.69, 9.17) is 58.0 Å². The molecule has 1 nitrogen and oxygen atoms in total. The molecular formula is C12H5Cl5OS. The highest BCUT2D eigenvalue weighted by Gasteiger charge is 2.19. The number of aromatic hydroxyl groups is 1. The number of phenols is 1. The Kier molecular flexibility index (Phi) is 5.04. The van der Waals surface area contributed by atoms with Crippen LogP contribution in [0.25, 0.3) is 0 Å². The minimum Gasteiger partial charge on any atom is -0.508 e. The Bertz CT molecular complexity index is 598. The van der Waals surface area contributed by atoms with Crippen molar-refractivity contribution < 1.29 is 5.11 Å². The van der Waals surface area contributed by atoms with Gasteiger partial charge in [0.15, 0.2) is 0 Å². The van der Waals surface area contributed by atoms with Gasteiger partial charge in [0.25, 0.3) is 0 Å². The molecule has 0 atom stereocenters. The number of rotatable bonds is 2. The molecule has 2 rings (SSSR count). The van der Waals surface area contributed by atoms with Crippen LogP contribution in [0.3, 0.4) is 0 Å². The fourth-order valence-electron chi connectivity index (χ4n) is 1.31. The fraction of sp³-hybridized carbons (Fsp3) is 0. The third-order valence-electron chi connectivity index (χ3n) is 2.23. The van der Waals surface area contributed by atoms with Crippen LogP contribution in [0.1, 0.15) is 0 Å². The van der Waals surface area contributed by atoms with E-state index in [2.05, 4.69) is 0 Å².